The summed E-state index contributed by atoms with van der Waals surface area (Å²) in [4.78, 5) is 4.32. The van der Waals surface area contributed by atoms with Gasteiger partial charge in [0.1, 0.15) is 0 Å². The van der Waals surface area contributed by atoms with Gasteiger partial charge in [-0.2, -0.15) is 0 Å². The molecule has 0 atom stereocenters. The zero-order valence-corrected chi connectivity index (χ0v) is 11.5. The largest absolute Gasteiger partial charge is 0.266 e. The second-order valence-electron chi connectivity index (χ2n) is 4.39. The van der Waals surface area contributed by atoms with Crippen LogP contribution in [-0.4, -0.2) is 6.21 Å². The van der Waals surface area contributed by atoms with Gasteiger partial charge in [0.05, 0.1) is 0 Å². The van der Waals surface area contributed by atoms with Crippen molar-refractivity contribution in [1.29, 1.82) is 0 Å². The van der Waals surface area contributed by atoms with E-state index in [-0.39, 0.29) is 0 Å². The Kier molecular flexibility index (Phi) is 4.45. The van der Waals surface area contributed by atoms with E-state index in [0.29, 0.717) is 0 Å². The van der Waals surface area contributed by atoms with Crippen LogP contribution in [0, 0.1) is 13.8 Å². The van der Waals surface area contributed by atoms with Gasteiger partial charge in [0, 0.05) is 11.9 Å². The number of allylic oxidation sites excluding steroid dienone is 3. The van der Waals surface area contributed by atoms with Gasteiger partial charge in [-0.3, -0.25) is 4.99 Å². The predicted octanol–water partition coefficient (Wildman–Crippen LogP) is 4.70. The van der Waals surface area contributed by atoms with E-state index >= 15 is 0 Å². The van der Waals surface area contributed by atoms with Crippen LogP contribution in [0.5, 0.6) is 0 Å². The average Bonchev–Trinajstić information content (AvgIpc) is 2.30. The first-order valence-electron chi connectivity index (χ1n) is 5.90. The van der Waals surface area contributed by atoms with Gasteiger partial charge in [0.2, 0.25) is 0 Å². The summed E-state index contributed by atoms with van der Waals surface area (Å²) in [6.45, 7) is 14.4. The Morgan fingerprint density at radius 2 is 1.88 bits per heavy atom. The van der Waals surface area contributed by atoms with Crippen LogP contribution in [0.1, 0.15) is 37.5 Å². The monoisotopic (exact) mass is 227 g/mol. The van der Waals surface area contributed by atoms with Gasteiger partial charge >= 0.3 is 0 Å². The minimum atomic E-state index is 1.03. The number of benzene rings is 1. The highest BCUT2D eigenvalue weighted by Crippen LogP contribution is 2.27. The van der Waals surface area contributed by atoms with Crippen LogP contribution < -0.4 is 0 Å². The third-order valence-corrected chi connectivity index (χ3v) is 3.04. The number of aliphatic imine (C=N–C) groups is 1. The quantitative estimate of drug-likeness (QED) is 0.524. The van der Waals surface area contributed by atoms with E-state index in [4.69, 9.17) is 0 Å². The summed E-state index contributed by atoms with van der Waals surface area (Å²) < 4.78 is 0. The van der Waals surface area contributed by atoms with E-state index in [1.807, 2.05) is 20.1 Å². The molecule has 1 aromatic carbocycles. The molecule has 0 unspecified atom stereocenters. The van der Waals surface area contributed by atoms with Gasteiger partial charge in [-0.05, 0) is 56.9 Å². The molecule has 0 saturated heterocycles. The summed E-state index contributed by atoms with van der Waals surface area (Å²) in [6.07, 6.45) is 1.81. The Hall–Kier alpha value is -1.63. The molecule has 0 aliphatic heterocycles. The van der Waals surface area contributed by atoms with Gasteiger partial charge < -0.3 is 0 Å². The molecule has 0 spiro atoms. The molecule has 1 aromatic rings. The Balaban J connectivity index is 3.21. The average molecular weight is 227 g/mol. The summed E-state index contributed by atoms with van der Waals surface area (Å²) in [6, 6.07) is 6.45. The summed E-state index contributed by atoms with van der Waals surface area (Å²) in [5, 5.41) is 0. The highest BCUT2D eigenvalue weighted by Gasteiger charge is 2.07. The number of nitrogens with zero attached hydrogens (tertiary/aromatic N) is 1. The molecule has 17 heavy (non-hydrogen) atoms. The molecule has 1 heteroatoms. The Labute approximate surface area is 105 Å². The fourth-order valence-electron chi connectivity index (χ4n) is 1.77. The first-order chi connectivity index (χ1) is 7.97. The summed E-state index contributed by atoms with van der Waals surface area (Å²) >= 11 is 0. The van der Waals surface area contributed by atoms with Crippen LogP contribution in [0.25, 0.3) is 5.57 Å². The van der Waals surface area contributed by atoms with Gasteiger partial charge in [0.15, 0.2) is 0 Å². The van der Waals surface area contributed by atoms with Crippen LogP contribution in [0.2, 0.25) is 0 Å². The Morgan fingerprint density at radius 3 is 2.47 bits per heavy atom. The van der Waals surface area contributed by atoms with Crippen LogP contribution >= 0.6 is 0 Å². The molecule has 0 aliphatic carbocycles. The van der Waals surface area contributed by atoms with Crippen LogP contribution in [0.15, 0.2) is 41.0 Å². The highest BCUT2D eigenvalue weighted by molar-refractivity contribution is 5.79. The van der Waals surface area contributed by atoms with Gasteiger partial charge in [-0.15, -0.1) is 0 Å². The molecule has 0 bridgehead atoms. The van der Waals surface area contributed by atoms with E-state index in [0.717, 1.165) is 16.8 Å². The van der Waals surface area contributed by atoms with Crippen molar-refractivity contribution in [2.24, 2.45) is 4.99 Å². The number of aryl methyl sites for hydroxylation is 2. The molecule has 1 rings (SSSR count). The van der Waals surface area contributed by atoms with Crippen molar-refractivity contribution in [1.82, 2.24) is 0 Å². The zero-order valence-electron chi connectivity index (χ0n) is 11.5. The van der Waals surface area contributed by atoms with E-state index < -0.39 is 0 Å². The number of hydrogen-bond donors (Lipinski definition) is 0. The van der Waals surface area contributed by atoms with Crippen molar-refractivity contribution in [3.05, 3.63) is 52.7 Å². The van der Waals surface area contributed by atoms with E-state index in [1.165, 1.54) is 16.7 Å². The molecule has 0 radical (unpaired) electrons. The van der Waals surface area contributed by atoms with E-state index in [1.54, 1.807) is 0 Å². The minimum absolute atomic E-state index is 1.03. The van der Waals surface area contributed by atoms with Crippen molar-refractivity contribution in [3.63, 3.8) is 0 Å². The van der Waals surface area contributed by atoms with E-state index in [9.17, 15) is 0 Å². The van der Waals surface area contributed by atoms with Crippen molar-refractivity contribution in [3.8, 4) is 0 Å². The maximum atomic E-state index is 4.32. The zero-order chi connectivity index (χ0) is 13.0. The highest BCUT2D eigenvalue weighted by atomic mass is 14.7. The third kappa shape index (κ3) is 3.16. The molecular formula is C16H21N. The maximum Gasteiger partial charge on any atom is 0.0403 e. The molecular weight excluding hydrogens is 206 g/mol. The van der Waals surface area contributed by atoms with Crippen LogP contribution in [-0.2, 0) is 0 Å². The lowest BCUT2D eigenvalue weighted by Crippen LogP contribution is -1.92. The first-order valence-corrected chi connectivity index (χ1v) is 5.90. The SMILES string of the molecule is C=C(/C(C)=C(C)\N=C/C)c1cc(C)ccc1C. The lowest BCUT2D eigenvalue weighted by molar-refractivity contribution is 1.24. The molecule has 1 nitrogen and oxygen atoms in total. The Bertz CT molecular complexity index is 490. The van der Waals surface area contributed by atoms with E-state index in [2.05, 4.69) is 50.5 Å². The second-order valence-corrected chi connectivity index (χ2v) is 4.39. The van der Waals surface area contributed by atoms with Crippen LogP contribution in [0.3, 0.4) is 0 Å². The number of rotatable bonds is 3. The van der Waals surface area contributed by atoms with Gasteiger partial charge in [-0.25, -0.2) is 0 Å². The molecule has 90 valence electrons. The number of hydrogen-bond acceptors (Lipinski definition) is 1. The summed E-state index contributed by atoms with van der Waals surface area (Å²) in [5.74, 6) is 0. The first kappa shape index (κ1) is 13.4. The van der Waals surface area contributed by atoms with Crippen molar-refractivity contribution in [2.45, 2.75) is 34.6 Å². The van der Waals surface area contributed by atoms with Gasteiger partial charge in [0.25, 0.3) is 0 Å². The molecule has 0 N–H and O–H groups in total. The standard InChI is InChI=1S/C16H21N/c1-7-17-15(6)13(4)14(5)16-10-11(2)8-9-12(16)3/h7-10H,5H2,1-4,6H3/b15-13-,17-7-. The second kappa shape index (κ2) is 5.62. The molecule has 0 amide bonds. The molecule has 0 saturated carbocycles. The van der Waals surface area contributed by atoms with Crippen molar-refractivity contribution < 1.29 is 0 Å². The lowest BCUT2D eigenvalue weighted by Gasteiger charge is -2.12. The van der Waals surface area contributed by atoms with Crippen molar-refractivity contribution in [2.75, 3.05) is 0 Å². The molecule has 0 aliphatic rings. The molecule has 0 fully saturated rings. The Morgan fingerprint density at radius 1 is 1.24 bits per heavy atom. The maximum absolute atomic E-state index is 4.32. The van der Waals surface area contributed by atoms with Crippen LogP contribution in [0.4, 0.5) is 0 Å². The summed E-state index contributed by atoms with van der Waals surface area (Å²) in [5.41, 5.74) is 6.97. The summed E-state index contributed by atoms with van der Waals surface area (Å²) in [7, 11) is 0. The molecule has 0 heterocycles. The van der Waals surface area contributed by atoms with Gasteiger partial charge in [-0.1, -0.05) is 30.3 Å². The lowest BCUT2D eigenvalue weighted by atomic mass is 9.94. The third-order valence-electron chi connectivity index (χ3n) is 3.04. The predicted molar refractivity (Wildman–Crippen MR) is 77.5 cm³/mol. The topological polar surface area (TPSA) is 12.4 Å². The minimum Gasteiger partial charge on any atom is -0.266 e. The smallest absolute Gasteiger partial charge is 0.0403 e. The van der Waals surface area contributed by atoms with Crippen molar-refractivity contribution >= 4 is 11.8 Å². The fourth-order valence-corrected chi connectivity index (χ4v) is 1.77. The molecule has 0 aromatic heterocycles. The fraction of sp³-hybridized carbons (Fsp3) is 0.312. The normalized spacial score (nSPS) is 12.8.